The molecule has 2 rings (SSSR count). The molecule has 1 aromatic rings. The summed E-state index contributed by atoms with van der Waals surface area (Å²) >= 11 is 0. The van der Waals surface area contributed by atoms with Gasteiger partial charge in [-0.2, -0.15) is 0 Å². The van der Waals surface area contributed by atoms with Gasteiger partial charge >= 0.3 is 0 Å². The van der Waals surface area contributed by atoms with E-state index in [1.165, 1.54) is 6.20 Å². The normalized spacial score (nSPS) is 16.8. The van der Waals surface area contributed by atoms with Gasteiger partial charge in [0.05, 0.1) is 6.20 Å². The molecule has 0 radical (unpaired) electrons. The second-order valence-corrected chi connectivity index (χ2v) is 4.63. The van der Waals surface area contributed by atoms with Gasteiger partial charge in [-0.25, -0.2) is 4.98 Å². The van der Waals surface area contributed by atoms with Gasteiger partial charge in [0.2, 0.25) is 0 Å². The molecule has 0 spiro atoms. The van der Waals surface area contributed by atoms with Crippen LogP contribution in [-0.4, -0.2) is 47.0 Å². The van der Waals surface area contributed by atoms with Crippen molar-refractivity contribution >= 4 is 5.91 Å². The average Bonchev–Trinajstić information content (AvgIpc) is 2.46. The van der Waals surface area contributed by atoms with Gasteiger partial charge in [0.1, 0.15) is 5.69 Å². The molecule has 5 heteroatoms. The van der Waals surface area contributed by atoms with E-state index in [0.717, 1.165) is 39.0 Å². The fraction of sp³-hybridized carbons (Fsp3) is 0.615. The van der Waals surface area contributed by atoms with Gasteiger partial charge in [0, 0.05) is 25.5 Å². The number of amides is 1. The maximum atomic E-state index is 12.1. The van der Waals surface area contributed by atoms with Gasteiger partial charge in [-0.1, -0.05) is 6.92 Å². The SMILES string of the molecule is CCNCC1CCN(C(=O)c2cnccn2)CC1. The Morgan fingerprint density at radius 3 is 2.83 bits per heavy atom. The van der Waals surface area contributed by atoms with Crippen molar-refractivity contribution in [2.24, 2.45) is 5.92 Å². The van der Waals surface area contributed by atoms with E-state index >= 15 is 0 Å². The van der Waals surface area contributed by atoms with Crippen molar-refractivity contribution in [2.45, 2.75) is 19.8 Å². The highest BCUT2D eigenvalue weighted by Gasteiger charge is 2.23. The van der Waals surface area contributed by atoms with Crippen LogP contribution in [-0.2, 0) is 0 Å². The van der Waals surface area contributed by atoms with Crippen molar-refractivity contribution in [1.82, 2.24) is 20.2 Å². The maximum absolute atomic E-state index is 12.1. The van der Waals surface area contributed by atoms with Gasteiger partial charge in [-0.15, -0.1) is 0 Å². The number of carbonyl (C=O) groups excluding carboxylic acids is 1. The van der Waals surface area contributed by atoms with Crippen LogP contribution in [0.5, 0.6) is 0 Å². The van der Waals surface area contributed by atoms with Crippen LogP contribution < -0.4 is 5.32 Å². The molecule has 1 aliphatic heterocycles. The number of rotatable bonds is 4. The van der Waals surface area contributed by atoms with E-state index in [1.54, 1.807) is 12.4 Å². The Bertz CT molecular complexity index is 374. The minimum atomic E-state index is 0.00463. The van der Waals surface area contributed by atoms with Crippen LogP contribution >= 0.6 is 0 Å². The Balaban J connectivity index is 1.84. The van der Waals surface area contributed by atoms with Crippen molar-refractivity contribution in [3.8, 4) is 0 Å². The monoisotopic (exact) mass is 248 g/mol. The quantitative estimate of drug-likeness (QED) is 0.861. The smallest absolute Gasteiger partial charge is 0.274 e. The number of likely N-dealkylation sites (tertiary alicyclic amines) is 1. The lowest BCUT2D eigenvalue weighted by Crippen LogP contribution is -2.41. The number of hydrogen-bond donors (Lipinski definition) is 1. The van der Waals surface area contributed by atoms with Crippen LogP contribution in [0.1, 0.15) is 30.3 Å². The van der Waals surface area contributed by atoms with Gasteiger partial charge in [0.15, 0.2) is 0 Å². The highest BCUT2D eigenvalue weighted by Crippen LogP contribution is 2.17. The van der Waals surface area contributed by atoms with E-state index in [9.17, 15) is 4.79 Å². The highest BCUT2D eigenvalue weighted by atomic mass is 16.2. The molecule has 1 amide bonds. The van der Waals surface area contributed by atoms with Crippen LogP contribution in [0.2, 0.25) is 0 Å². The number of carbonyl (C=O) groups is 1. The minimum Gasteiger partial charge on any atom is -0.337 e. The molecular weight excluding hydrogens is 228 g/mol. The Morgan fingerprint density at radius 2 is 2.22 bits per heavy atom. The molecule has 5 nitrogen and oxygen atoms in total. The number of hydrogen-bond acceptors (Lipinski definition) is 4. The molecule has 0 atom stereocenters. The predicted molar refractivity (Wildman–Crippen MR) is 69.2 cm³/mol. The molecule has 18 heavy (non-hydrogen) atoms. The first-order chi connectivity index (χ1) is 8.81. The molecule has 0 unspecified atom stereocenters. The van der Waals surface area contributed by atoms with E-state index in [1.807, 2.05) is 4.90 Å². The molecule has 0 aliphatic carbocycles. The molecule has 0 saturated carbocycles. The number of aromatic nitrogens is 2. The van der Waals surface area contributed by atoms with E-state index < -0.39 is 0 Å². The summed E-state index contributed by atoms with van der Waals surface area (Å²) in [6, 6.07) is 0. The molecule has 1 aliphatic rings. The zero-order chi connectivity index (χ0) is 12.8. The fourth-order valence-electron chi connectivity index (χ4n) is 2.26. The van der Waals surface area contributed by atoms with Crippen molar-refractivity contribution < 1.29 is 4.79 Å². The zero-order valence-electron chi connectivity index (χ0n) is 10.8. The first kappa shape index (κ1) is 13.0. The number of nitrogens with zero attached hydrogens (tertiary/aromatic N) is 3. The molecule has 1 N–H and O–H groups in total. The summed E-state index contributed by atoms with van der Waals surface area (Å²) in [4.78, 5) is 22.0. The third kappa shape index (κ3) is 3.26. The summed E-state index contributed by atoms with van der Waals surface area (Å²) in [5, 5.41) is 3.37. The molecular formula is C13H20N4O. The molecule has 2 heterocycles. The molecule has 0 bridgehead atoms. The summed E-state index contributed by atoms with van der Waals surface area (Å²) in [7, 11) is 0. The van der Waals surface area contributed by atoms with Crippen LogP contribution in [0.25, 0.3) is 0 Å². The molecule has 1 aromatic heterocycles. The molecule has 0 aromatic carbocycles. The minimum absolute atomic E-state index is 0.00463. The fourth-order valence-corrected chi connectivity index (χ4v) is 2.26. The van der Waals surface area contributed by atoms with Crippen LogP contribution in [0.4, 0.5) is 0 Å². The average molecular weight is 248 g/mol. The van der Waals surface area contributed by atoms with Crippen molar-refractivity contribution in [1.29, 1.82) is 0 Å². The predicted octanol–water partition coefficient (Wildman–Crippen LogP) is 0.938. The first-order valence-electron chi connectivity index (χ1n) is 6.57. The summed E-state index contributed by atoms with van der Waals surface area (Å²) < 4.78 is 0. The second-order valence-electron chi connectivity index (χ2n) is 4.63. The van der Waals surface area contributed by atoms with Gasteiger partial charge in [-0.05, 0) is 31.8 Å². The summed E-state index contributed by atoms with van der Waals surface area (Å²) in [5.74, 6) is 0.695. The Kier molecular flexibility index (Phi) is 4.64. The first-order valence-corrected chi connectivity index (χ1v) is 6.57. The van der Waals surface area contributed by atoms with E-state index in [4.69, 9.17) is 0 Å². The zero-order valence-corrected chi connectivity index (χ0v) is 10.8. The standard InChI is InChI=1S/C13H20N4O/c1-2-14-9-11-3-7-17(8-4-11)13(18)12-10-15-5-6-16-12/h5-6,10-11,14H,2-4,7-9H2,1H3. The van der Waals surface area contributed by atoms with Crippen LogP contribution in [0.3, 0.4) is 0 Å². The Hall–Kier alpha value is -1.49. The highest BCUT2D eigenvalue weighted by molar-refractivity contribution is 5.91. The van der Waals surface area contributed by atoms with Gasteiger partial charge in [-0.3, -0.25) is 9.78 Å². The van der Waals surface area contributed by atoms with E-state index in [0.29, 0.717) is 11.6 Å². The van der Waals surface area contributed by atoms with Crippen molar-refractivity contribution in [3.63, 3.8) is 0 Å². The second kappa shape index (κ2) is 6.44. The van der Waals surface area contributed by atoms with Gasteiger partial charge in [0.25, 0.3) is 5.91 Å². The van der Waals surface area contributed by atoms with Crippen LogP contribution in [0, 0.1) is 5.92 Å². The van der Waals surface area contributed by atoms with E-state index in [2.05, 4.69) is 22.2 Å². The summed E-state index contributed by atoms with van der Waals surface area (Å²) in [5.41, 5.74) is 0.447. The van der Waals surface area contributed by atoms with Gasteiger partial charge < -0.3 is 10.2 Å². The molecule has 1 fully saturated rings. The lowest BCUT2D eigenvalue weighted by atomic mass is 9.96. The molecule has 98 valence electrons. The lowest BCUT2D eigenvalue weighted by Gasteiger charge is -2.31. The topological polar surface area (TPSA) is 58.1 Å². The largest absolute Gasteiger partial charge is 0.337 e. The van der Waals surface area contributed by atoms with Crippen LogP contribution in [0.15, 0.2) is 18.6 Å². The summed E-state index contributed by atoms with van der Waals surface area (Å²) in [6.45, 7) is 5.84. The van der Waals surface area contributed by atoms with E-state index in [-0.39, 0.29) is 5.91 Å². The maximum Gasteiger partial charge on any atom is 0.274 e. The third-order valence-electron chi connectivity index (χ3n) is 3.37. The third-order valence-corrected chi connectivity index (χ3v) is 3.37. The molecule has 1 saturated heterocycles. The number of nitrogens with one attached hydrogen (secondary N) is 1. The number of piperidine rings is 1. The Labute approximate surface area is 108 Å². The summed E-state index contributed by atoms with van der Waals surface area (Å²) in [6.07, 6.45) is 6.82. The Morgan fingerprint density at radius 1 is 1.44 bits per heavy atom. The lowest BCUT2D eigenvalue weighted by molar-refractivity contribution is 0.0684. The van der Waals surface area contributed by atoms with Crippen molar-refractivity contribution in [3.05, 3.63) is 24.3 Å². The van der Waals surface area contributed by atoms with Crippen molar-refractivity contribution in [2.75, 3.05) is 26.2 Å².